The van der Waals surface area contributed by atoms with Crippen LogP contribution in [0, 0.1) is 47.3 Å². The Morgan fingerprint density at radius 1 is 0.400 bits per heavy atom. The second-order valence-electron chi connectivity index (χ2n) is 8.13. The van der Waals surface area contributed by atoms with Gasteiger partial charge in [-0.1, -0.05) is 69.2 Å². The van der Waals surface area contributed by atoms with Gasteiger partial charge in [-0.3, -0.25) is 0 Å². The average molecular weight is 285 g/mol. The molecule has 0 amide bonds. The smallest absolute Gasteiger partial charge is 0.0596 e. The van der Waals surface area contributed by atoms with Crippen LogP contribution in [0.3, 0.4) is 0 Å². The lowest BCUT2D eigenvalue weighted by Crippen LogP contribution is -2.38. The molecule has 0 spiro atoms. The summed E-state index contributed by atoms with van der Waals surface area (Å²) in [6.45, 7) is 22.9. The Morgan fingerprint density at radius 2 is 0.650 bits per heavy atom. The molecular weight excluding hydrogens is 244 g/mol. The monoisotopic (exact) mass is 284 g/mol. The minimum atomic E-state index is -0.191. The molecule has 0 aromatic rings. The molecule has 20 heavy (non-hydrogen) atoms. The molecule has 0 heterocycles. The van der Waals surface area contributed by atoms with Gasteiger partial charge in [0, 0.05) is 0 Å². The van der Waals surface area contributed by atoms with E-state index in [0.717, 1.165) is 0 Å². The Balaban J connectivity index is 4.75. The van der Waals surface area contributed by atoms with Crippen molar-refractivity contribution >= 4 is 0 Å². The van der Waals surface area contributed by atoms with Gasteiger partial charge in [0.2, 0.25) is 0 Å². The summed E-state index contributed by atoms with van der Waals surface area (Å²) in [7, 11) is 0. The van der Waals surface area contributed by atoms with Gasteiger partial charge in [-0.05, 0) is 47.3 Å². The minimum Gasteiger partial charge on any atom is -0.393 e. The molecule has 1 N–H and O–H groups in total. The highest BCUT2D eigenvalue weighted by molar-refractivity contribution is 4.82. The lowest BCUT2D eigenvalue weighted by Gasteiger charge is -2.38. The summed E-state index contributed by atoms with van der Waals surface area (Å²) in [5.41, 5.74) is 0. The number of aliphatic hydroxyl groups excluding tert-OH is 1. The van der Waals surface area contributed by atoms with Crippen molar-refractivity contribution in [1.29, 1.82) is 0 Å². The summed E-state index contributed by atoms with van der Waals surface area (Å²) in [5.74, 6) is 4.56. The molecule has 0 aromatic heterocycles. The van der Waals surface area contributed by atoms with Crippen LogP contribution in [0.15, 0.2) is 0 Å². The van der Waals surface area contributed by atoms with Gasteiger partial charge in [0.25, 0.3) is 0 Å². The summed E-state index contributed by atoms with van der Waals surface area (Å²) in [5, 5.41) is 10.7. The predicted octanol–water partition coefficient (Wildman–Crippen LogP) is 5.48. The molecule has 7 atom stereocenters. The molecule has 7 unspecified atom stereocenters. The lowest BCUT2D eigenvalue weighted by atomic mass is 9.69. The quantitative estimate of drug-likeness (QED) is 0.626. The van der Waals surface area contributed by atoms with E-state index in [-0.39, 0.29) is 6.10 Å². The molecule has 0 aromatic carbocycles. The third-order valence-corrected chi connectivity index (χ3v) is 6.50. The Bertz CT molecular complexity index is 232. The van der Waals surface area contributed by atoms with E-state index in [0.29, 0.717) is 47.3 Å². The highest BCUT2D eigenvalue weighted by atomic mass is 16.3. The zero-order valence-electron chi connectivity index (χ0n) is 15.6. The van der Waals surface area contributed by atoms with Crippen LogP contribution in [0.4, 0.5) is 0 Å². The van der Waals surface area contributed by atoms with Crippen molar-refractivity contribution in [3.63, 3.8) is 0 Å². The van der Waals surface area contributed by atoms with Crippen molar-refractivity contribution in [2.45, 2.75) is 75.3 Å². The first kappa shape index (κ1) is 20.0. The van der Waals surface area contributed by atoms with Gasteiger partial charge in [-0.25, -0.2) is 0 Å². The van der Waals surface area contributed by atoms with Gasteiger partial charge >= 0.3 is 0 Å². The summed E-state index contributed by atoms with van der Waals surface area (Å²) in [6.07, 6.45) is -0.191. The van der Waals surface area contributed by atoms with E-state index in [9.17, 15) is 5.11 Å². The standard InChI is InChI=1S/C19H40O/c1-11(2)13(5)15(7)16(8)18(10)19(20)17(9)14(6)12(3)4/h11-20H,1-10H3. The van der Waals surface area contributed by atoms with E-state index in [1.54, 1.807) is 0 Å². The van der Waals surface area contributed by atoms with Crippen LogP contribution in [-0.2, 0) is 0 Å². The van der Waals surface area contributed by atoms with Gasteiger partial charge in [0.15, 0.2) is 0 Å². The molecule has 0 aliphatic heterocycles. The molecule has 1 heteroatoms. The largest absolute Gasteiger partial charge is 0.393 e. The lowest BCUT2D eigenvalue weighted by molar-refractivity contribution is -0.00523. The van der Waals surface area contributed by atoms with Crippen LogP contribution in [0.2, 0.25) is 0 Å². The molecule has 1 nitrogen and oxygen atoms in total. The normalized spacial score (nSPS) is 23.2. The molecule has 0 aliphatic rings. The minimum absolute atomic E-state index is 0.191. The maximum Gasteiger partial charge on any atom is 0.0596 e. The van der Waals surface area contributed by atoms with Crippen LogP contribution in [0.25, 0.3) is 0 Å². The van der Waals surface area contributed by atoms with Crippen LogP contribution >= 0.6 is 0 Å². The first-order valence-electron chi connectivity index (χ1n) is 8.70. The Kier molecular flexibility index (Phi) is 8.40. The van der Waals surface area contributed by atoms with Gasteiger partial charge in [-0.2, -0.15) is 0 Å². The van der Waals surface area contributed by atoms with E-state index < -0.39 is 0 Å². The fourth-order valence-electron chi connectivity index (χ4n) is 3.27. The third kappa shape index (κ3) is 5.06. The number of rotatable bonds is 8. The SMILES string of the molecule is CC(C)C(C)C(C)C(C)C(C)C(O)C(C)C(C)C(C)C. The van der Waals surface area contributed by atoms with Crippen molar-refractivity contribution in [3.8, 4) is 0 Å². The second kappa shape index (κ2) is 8.41. The van der Waals surface area contributed by atoms with E-state index in [1.165, 1.54) is 0 Å². The van der Waals surface area contributed by atoms with Gasteiger partial charge in [0.05, 0.1) is 6.10 Å². The van der Waals surface area contributed by atoms with Crippen molar-refractivity contribution in [1.82, 2.24) is 0 Å². The summed E-state index contributed by atoms with van der Waals surface area (Å²) in [4.78, 5) is 0. The number of hydrogen-bond acceptors (Lipinski definition) is 1. The molecule has 0 aliphatic carbocycles. The highest BCUT2D eigenvalue weighted by Gasteiger charge is 2.33. The number of hydrogen-bond donors (Lipinski definition) is 1. The molecule has 0 radical (unpaired) electrons. The molecule has 0 saturated heterocycles. The van der Waals surface area contributed by atoms with Crippen LogP contribution in [-0.4, -0.2) is 11.2 Å². The molecular formula is C19H40O. The first-order chi connectivity index (χ1) is 9.02. The van der Waals surface area contributed by atoms with Crippen LogP contribution < -0.4 is 0 Å². The van der Waals surface area contributed by atoms with E-state index in [1.807, 2.05) is 0 Å². The van der Waals surface area contributed by atoms with Gasteiger partial charge in [0.1, 0.15) is 0 Å². The third-order valence-electron chi connectivity index (χ3n) is 6.50. The summed E-state index contributed by atoms with van der Waals surface area (Å²) >= 11 is 0. The average Bonchev–Trinajstić information content (AvgIpc) is 2.40. The molecule has 0 rings (SSSR count). The Labute approximate surface area is 128 Å². The second-order valence-corrected chi connectivity index (χ2v) is 8.13. The molecule has 0 fully saturated rings. The van der Waals surface area contributed by atoms with Crippen molar-refractivity contribution < 1.29 is 5.11 Å². The molecule has 0 bridgehead atoms. The fourth-order valence-corrected chi connectivity index (χ4v) is 3.27. The topological polar surface area (TPSA) is 20.2 Å². The van der Waals surface area contributed by atoms with Crippen molar-refractivity contribution in [3.05, 3.63) is 0 Å². The number of aliphatic hydroxyl groups is 1. The van der Waals surface area contributed by atoms with E-state index in [2.05, 4.69) is 69.2 Å². The fraction of sp³-hybridized carbons (Fsp3) is 1.00. The zero-order chi connectivity index (χ0) is 16.2. The van der Waals surface area contributed by atoms with Crippen LogP contribution in [0.1, 0.15) is 69.2 Å². The van der Waals surface area contributed by atoms with Crippen molar-refractivity contribution in [2.75, 3.05) is 0 Å². The maximum atomic E-state index is 10.7. The molecule has 122 valence electrons. The summed E-state index contributed by atoms with van der Waals surface area (Å²) < 4.78 is 0. The Morgan fingerprint density at radius 3 is 1.00 bits per heavy atom. The zero-order valence-corrected chi connectivity index (χ0v) is 15.6. The maximum absolute atomic E-state index is 10.7. The van der Waals surface area contributed by atoms with E-state index in [4.69, 9.17) is 0 Å². The highest BCUT2D eigenvalue weighted by Crippen LogP contribution is 2.36. The Hall–Kier alpha value is -0.0400. The predicted molar refractivity (Wildman–Crippen MR) is 90.7 cm³/mol. The summed E-state index contributed by atoms with van der Waals surface area (Å²) in [6, 6.07) is 0. The molecule has 0 saturated carbocycles. The van der Waals surface area contributed by atoms with Gasteiger partial charge < -0.3 is 5.11 Å². The van der Waals surface area contributed by atoms with Crippen LogP contribution in [0.5, 0.6) is 0 Å². The van der Waals surface area contributed by atoms with Gasteiger partial charge in [-0.15, -0.1) is 0 Å². The van der Waals surface area contributed by atoms with E-state index >= 15 is 0 Å². The van der Waals surface area contributed by atoms with Crippen molar-refractivity contribution in [2.24, 2.45) is 47.3 Å². The first-order valence-corrected chi connectivity index (χ1v) is 8.70.